The van der Waals surface area contributed by atoms with Crippen LogP contribution in [0.1, 0.15) is 49.2 Å². The third kappa shape index (κ3) is 5.93. The minimum Gasteiger partial charge on any atom is -0.497 e. The summed E-state index contributed by atoms with van der Waals surface area (Å²) in [5, 5.41) is 4.23. The number of amides is 1. The molecule has 0 fully saturated rings. The van der Waals surface area contributed by atoms with Gasteiger partial charge in [0.15, 0.2) is 0 Å². The quantitative estimate of drug-likeness (QED) is 0.240. The molecule has 0 saturated carbocycles. The summed E-state index contributed by atoms with van der Waals surface area (Å²) in [6, 6.07) is 21.3. The summed E-state index contributed by atoms with van der Waals surface area (Å²) in [6.07, 6.45) is 4.32. The van der Waals surface area contributed by atoms with Crippen molar-refractivity contribution in [1.29, 1.82) is 0 Å². The highest BCUT2D eigenvalue weighted by Gasteiger charge is 2.43. The Labute approximate surface area is 231 Å². The van der Waals surface area contributed by atoms with Crippen molar-refractivity contribution < 1.29 is 19.0 Å². The van der Waals surface area contributed by atoms with Gasteiger partial charge in [-0.25, -0.2) is 5.43 Å². The first-order valence-electron chi connectivity index (χ1n) is 13.4. The number of hydrazone groups is 1. The molecule has 204 valence electrons. The summed E-state index contributed by atoms with van der Waals surface area (Å²) in [5.74, 6) is 2.15. The Morgan fingerprint density at radius 3 is 2.41 bits per heavy atom. The minimum absolute atomic E-state index is 0.254. The molecule has 3 aromatic rings. The molecule has 1 aliphatic heterocycles. The average molecular weight is 528 g/mol. The minimum atomic E-state index is -0.422. The molecule has 0 aromatic heterocycles. The number of rotatable bonds is 11. The van der Waals surface area contributed by atoms with Gasteiger partial charge in [0.2, 0.25) is 0 Å². The number of hydrogen-bond acceptors (Lipinski definition) is 6. The van der Waals surface area contributed by atoms with E-state index in [4.69, 9.17) is 14.2 Å². The maximum atomic E-state index is 12.5. The van der Waals surface area contributed by atoms with Gasteiger partial charge in [-0.1, -0.05) is 24.3 Å². The van der Waals surface area contributed by atoms with Crippen LogP contribution in [0.5, 0.6) is 17.2 Å². The third-order valence-electron chi connectivity index (χ3n) is 6.96. The highest BCUT2D eigenvalue weighted by molar-refractivity contribution is 5.94. The van der Waals surface area contributed by atoms with Crippen LogP contribution in [0, 0.1) is 0 Å². The number of carbonyl (C=O) groups is 1. The zero-order valence-electron chi connectivity index (χ0n) is 23.4. The summed E-state index contributed by atoms with van der Waals surface area (Å²) < 4.78 is 17.4. The smallest absolute Gasteiger partial charge is 0.271 e. The van der Waals surface area contributed by atoms with Gasteiger partial charge < -0.3 is 19.1 Å². The molecule has 1 atom stereocenters. The second kappa shape index (κ2) is 12.5. The number of allylic oxidation sites excluding steroid dienone is 2. The highest BCUT2D eigenvalue weighted by Crippen LogP contribution is 2.51. The SMILES string of the molecule is CCOc1ccc(CC2(C)/C(=C/C=N/NC(=O)c3ccccc3)N(CC)c3ccc(OC)cc32)c(OCC)c1. The van der Waals surface area contributed by atoms with Crippen molar-refractivity contribution in [3.8, 4) is 17.2 Å². The summed E-state index contributed by atoms with van der Waals surface area (Å²) in [4.78, 5) is 14.7. The molecule has 7 nitrogen and oxygen atoms in total. The molecule has 0 saturated heterocycles. The van der Waals surface area contributed by atoms with E-state index in [1.54, 1.807) is 25.5 Å². The molecule has 39 heavy (non-hydrogen) atoms. The van der Waals surface area contributed by atoms with Crippen LogP contribution in [0.15, 0.2) is 83.6 Å². The van der Waals surface area contributed by atoms with Crippen molar-refractivity contribution in [3.05, 3.63) is 95.2 Å². The molecular formula is C32H37N3O4. The number of ether oxygens (including phenoxy) is 3. The van der Waals surface area contributed by atoms with Gasteiger partial charge in [-0.15, -0.1) is 0 Å². The van der Waals surface area contributed by atoms with Crippen molar-refractivity contribution >= 4 is 17.8 Å². The Kier molecular flexibility index (Phi) is 8.92. The highest BCUT2D eigenvalue weighted by atomic mass is 16.5. The fraction of sp³-hybridized carbons (Fsp3) is 0.312. The molecule has 4 rings (SSSR count). The lowest BCUT2D eigenvalue weighted by molar-refractivity contribution is 0.0955. The number of methoxy groups -OCH3 is 1. The van der Waals surface area contributed by atoms with E-state index in [0.29, 0.717) is 25.2 Å². The topological polar surface area (TPSA) is 72.4 Å². The lowest BCUT2D eigenvalue weighted by atomic mass is 9.76. The lowest BCUT2D eigenvalue weighted by Crippen LogP contribution is -2.31. The van der Waals surface area contributed by atoms with E-state index in [2.05, 4.69) is 47.5 Å². The number of nitrogens with one attached hydrogen (secondary N) is 1. The first kappa shape index (κ1) is 27.8. The Balaban J connectivity index is 1.73. The van der Waals surface area contributed by atoms with E-state index in [9.17, 15) is 4.79 Å². The van der Waals surface area contributed by atoms with Gasteiger partial charge in [0.05, 0.1) is 20.3 Å². The van der Waals surface area contributed by atoms with Crippen molar-refractivity contribution in [2.75, 3.05) is 31.8 Å². The van der Waals surface area contributed by atoms with E-state index >= 15 is 0 Å². The Bertz CT molecular complexity index is 1350. The fourth-order valence-electron chi connectivity index (χ4n) is 5.15. The number of likely N-dealkylation sites (N-methyl/N-ethyl adjacent to an activating group) is 1. The fourth-order valence-corrected chi connectivity index (χ4v) is 5.15. The van der Waals surface area contributed by atoms with Crippen molar-refractivity contribution in [3.63, 3.8) is 0 Å². The molecule has 1 amide bonds. The van der Waals surface area contributed by atoms with Crippen LogP contribution in [0.25, 0.3) is 0 Å². The Morgan fingerprint density at radius 1 is 0.974 bits per heavy atom. The number of fused-ring (bicyclic) bond motifs is 1. The average Bonchev–Trinajstić information content (AvgIpc) is 3.19. The van der Waals surface area contributed by atoms with Gasteiger partial charge >= 0.3 is 0 Å². The van der Waals surface area contributed by atoms with Crippen LogP contribution in [-0.4, -0.2) is 39.0 Å². The number of nitrogens with zero attached hydrogens (tertiary/aromatic N) is 2. The molecule has 1 aliphatic rings. The van der Waals surface area contributed by atoms with E-state index in [0.717, 1.165) is 46.3 Å². The maximum absolute atomic E-state index is 12.5. The monoisotopic (exact) mass is 527 g/mol. The number of benzene rings is 3. The van der Waals surface area contributed by atoms with Gasteiger partial charge in [0, 0.05) is 41.2 Å². The Hall–Kier alpha value is -4.26. The van der Waals surface area contributed by atoms with E-state index in [1.165, 1.54) is 0 Å². The molecule has 1 N–H and O–H groups in total. The van der Waals surface area contributed by atoms with Crippen LogP contribution in [0.2, 0.25) is 0 Å². The standard InChI is InChI=1S/C32H37N3O4/c1-6-35-28-17-16-25(37-5)20-27(28)32(4,22-24-14-15-26(38-7-2)21-29(24)39-8-3)30(35)18-19-33-34-31(36)23-12-10-9-11-13-23/h9-21H,6-8,22H2,1-5H3,(H,34,36)/b30-18-,33-19+. The molecule has 7 heteroatoms. The zero-order valence-corrected chi connectivity index (χ0v) is 23.4. The van der Waals surface area contributed by atoms with E-state index in [-0.39, 0.29) is 5.91 Å². The molecule has 0 aliphatic carbocycles. The predicted octanol–water partition coefficient (Wildman–Crippen LogP) is 6.13. The number of hydrogen-bond donors (Lipinski definition) is 1. The molecule has 1 unspecified atom stereocenters. The largest absolute Gasteiger partial charge is 0.497 e. The van der Waals surface area contributed by atoms with Crippen LogP contribution < -0.4 is 24.5 Å². The van der Waals surface area contributed by atoms with Gasteiger partial charge in [-0.2, -0.15) is 5.10 Å². The molecule has 3 aromatic carbocycles. The number of anilines is 1. The second-order valence-electron chi connectivity index (χ2n) is 9.41. The molecule has 1 heterocycles. The summed E-state index contributed by atoms with van der Waals surface area (Å²) >= 11 is 0. The summed E-state index contributed by atoms with van der Waals surface area (Å²) in [6.45, 7) is 10.2. The third-order valence-corrected chi connectivity index (χ3v) is 6.96. The summed E-state index contributed by atoms with van der Waals surface area (Å²) in [5.41, 5.74) is 7.20. The van der Waals surface area contributed by atoms with Crippen LogP contribution in [0.4, 0.5) is 5.69 Å². The molecule has 0 bridgehead atoms. The first-order valence-corrected chi connectivity index (χ1v) is 13.4. The van der Waals surface area contributed by atoms with Crippen molar-refractivity contribution in [2.24, 2.45) is 5.10 Å². The van der Waals surface area contributed by atoms with Crippen LogP contribution >= 0.6 is 0 Å². The van der Waals surface area contributed by atoms with Crippen molar-refractivity contribution in [1.82, 2.24) is 5.43 Å². The lowest BCUT2D eigenvalue weighted by Gasteiger charge is -2.30. The van der Waals surface area contributed by atoms with Crippen LogP contribution in [-0.2, 0) is 11.8 Å². The van der Waals surface area contributed by atoms with Gasteiger partial charge in [-0.05, 0) is 87.7 Å². The van der Waals surface area contributed by atoms with Crippen LogP contribution in [0.3, 0.4) is 0 Å². The number of carbonyl (C=O) groups excluding carboxylic acids is 1. The maximum Gasteiger partial charge on any atom is 0.271 e. The molecular weight excluding hydrogens is 490 g/mol. The first-order chi connectivity index (χ1) is 18.9. The molecule has 0 radical (unpaired) electrons. The van der Waals surface area contributed by atoms with E-state index < -0.39 is 5.41 Å². The predicted molar refractivity (Wildman–Crippen MR) is 156 cm³/mol. The van der Waals surface area contributed by atoms with Gasteiger partial charge in [-0.3, -0.25) is 4.79 Å². The zero-order chi connectivity index (χ0) is 27.8. The second-order valence-corrected chi connectivity index (χ2v) is 9.41. The van der Waals surface area contributed by atoms with Gasteiger partial charge in [0.25, 0.3) is 5.91 Å². The molecule has 0 spiro atoms. The normalized spacial score (nSPS) is 17.4. The van der Waals surface area contributed by atoms with E-state index in [1.807, 2.05) is 56.3 Å². The summed E-state index contributed by atoms with van der Waals surface area (Å²) in [7, 11) is 1.68. The van der Waals surface area contributed by atoms with Gasteiger partial charge in [0.1, 0.15) is 17.2 Å². The Morgan fingerprint density at radius 2 is 1.72 bits per heavy atom. The van der Waals surface area contributed by atoms with Crippen molar-refractivity contribution in [2.45, 2.75) is 39.5 Å².